The minimum Gasteiger partial charge on any atom is -0.381 e. The molecule has 1 aromatic heterocycles. The van der Waals surface area contributed by atoms with Crippen molar-refractivity contribution in [3.8, 4) is 0 Å². The zero-order valence-electron chi connectivity index (χ0n) is 13.6. The molecule has 1 N–H and O–H groups in total. The van der Waals surface area contributed by atoms with Crippen molar-refractivity contribution in [2.45, 2.75) is 31.9 Å². The van der Waals surface area contributed by atoms with E-state index < -0.39 is 0 Å². The number of aliphatic imine (C=N–C) groups is 1. The third kappa shape index (κ3) is 5.94. The lowest BCUT2D eigenvalue weighted by atomic mass is 10.1. The Morgan fingerprint density at radius 3 is 3.00 bits per heavy atom. The highest BCUT2D eigenvalue weighted by Gasteiger charge is 2.13. The van der Waals surface area contributed by atoms with E-state index in [1.165, 1.54) is 5.56 Å². The molecule has 5 nitrogen and oxygen atoms in total. The lowest BCUT2D eigenvalue weighted by Gasteiger charge is -2.23. The molecule has 1 aliphatic rings. The molecule has 1 aliphatic heterocycles. The fourth-order valence-corrected chi connectivity index (χ4v) is 3.14. The smallest absolute Gasteiger partial charge is 0.193 e. The van der Waals surface area contributed by atoms with Crippen LogP contribution in [0.1, 0.15) is 24.8 Å². The van der Waals surface area contributed by atoms with Gasteiger partial charge in [0.1, 0.15) is 0 Å². The van der Waals surface area contributed by atoms with Gasteiger partial charge in [0.2, 0.25) is 0 Å². The third-order valence-electron chi connectivity index (χ3n) is 3.70. The largest absolute Gasteiger partial charge is 0.381 e. The number of nitrogens with zero attached hydrogens (tertiary/aromatic N) is 2. The van der Waals surface area contributed by atoms with Gasteiger partial charge < -0.3 is 19.7 Å². The maximum absolute atomic E-state index is 5.87. The van der Waals surface area contributed by atoms with Gasteiger partial charge in [-0.2, -0.15) is 11.3 Å². The summed E-state index contributed by atoms with van der Waals surface area (Å²) in [6, 6.07) is 2.15. The fourth-order valence-electron chi connectivity index (χ4n) is 2.48. The van der Waals surface area contributed by atoms with Gasteiger partial charge in [0, 0.05) is 47.0 Å². The van der Waals surface area contributed by atoms with Crippen molar-refractivity contribution in [1.29, 1.82) is 0 Å². The van der Waals surface area contributed by atoms with E-state index in [9.17, 15) is 0 Å². The first-order valence-corrected chi connectivity index (χ1v) is 8.86. The summed E-state index contributed by atoms with van der Waals surface area (Å²) in [6.45, 7) is 4.22. The lowest BCUT2D eigenvalue weighted by molar-refractivity contribution is -0.0320. The first kappa shape index (κ1) is 17.2. The monoisotopic (exact) mass is 325 g/mol. The van der Waals surface area contributed by atoms with Crippen LogP contribution in [0.15, 0.2) is 21.8 Å². The molecule has 0 atom stereocenters. The van der Waals surface area contributed by atoms with Gasteiger partial charge in [-0.1, -0.05) is 0 Å². The first-order valence-electron chi connectivity index (χ1n) is 7.92. The molecule has 0 unspecified atom stereocenters. The Bertz CT molecular complexity index is 431. The number of rotatable bonds is 7. The summed E-state index contributed by atoms with van der Waals surface area (Å²) in [5.41, 5.74) is 1.32. The summed E-state index contributed by atoms with van der Waals surface area (Å²) in [5, 5.41) is 7.67. The van der Waals surface area contributed by atoms with E-state index in [1.807, 2.05) is 7.05 Å². The summed E-state index contributed by atoms with van der Waals surface area (Å²) in [4.78, 5) is 6.47. The molecule has 0 aliphatic carbocycles. The number of hydrogen-bond donors (Lipinski definition) is 1. The van der Waals surface area contributed by atoms with Crippen molar-refractivity contribution in [3.63, 3.8) is 0 Å². The Labute approximate surface area is 137 Å². The molecule has 1 saturated heterocycles. The quantitative estimate of drug-likeness (QED) is 0.475. The van der Waals surface area contributed by atoms with Crippen LogP contribution in [-0.4, -0.2) is 57.4 Å². The Hall–Kier alpha value is -1.11. The number of guanidine groups is 1. The molecule has 124 valence electrons. The SMILES string of the molecule is CN=C(NCCCOC1CCOCC1)N(C)Cc1ccsc1. The van der Waals surface area contributed by atoms with E-state index in [0.717, 1.165) is 58.1 Å². The molecule has 6 heteroatoms. The molecule has 1 aromatic rings. The van der Waals surface area contributed by atoms with Crippen molar-refractivity contribution in [3.05, 3.63) is 22.4 Å². The average Bonchev–Trinajstić information content (AvgIpc) is 3.04. The van der Waals surface area contributed by atoms with Crippen LogP contribution in [0.5, 0.6) is 0 Å². The van der Waals surface area contributed by atoms with Crippen LogP contribution in [0.3, 0.4) is 0 Å². The maximum atomic E-state index is 5.87. The van der Waals surface area contributed by atoms with Crippen molar-refractivity contribution in [2.75, 3.05) is 40.5 Å². The number of thiophene rings is 1. The number of ether oxygens (including phenoxy) is 2. The van der Waals surface area contributed by atoms with Crippen LogP contribution in [0.25, 0.3) is 0 Å². The van der Waals surface area contributed by atoms with E-state index in [0.29, 0.717) is 6.10 Å². The van der Waals surface area contributed by atoms with E-state index in [1.54, 1.807) is 11.3 Å². The van der Waals surface area contributed by atoms with Crippen LogP contribution in [-0.2, 0) is 16.0 Å². The van der Waals surface area contributed by atoms with Crippen molar-refractivity contribution in [1.82, 2.24) is 10.2 Å². The second-order valence-corrected chi connectivity index (χ2v) is 6.28. The van der Waals surface area contributed by atoms with E-state index >= 15 is 0 Å². The van der Waals surface area contributed by atoms with Crippen LogP contribution >= 0.6 is 11.3 Å². The molecular formula is C16H27N3O2S. The fraction of sp³-hybridized carbons (Fsp3) is 0.688. The van der Waals surface area contributed by atoms with Gasteiger partial charge >= 0.3 is 0 Å². The van der Waals surface area contributed by atoms with Crippen molar-refractivity contribution >= 4 is 17.3 Å². The van der Waals surface area contributed by atoms with Crippen molar-refractivity contribution < 1.29 is 9.47 Å². The summed E-state index contributed by atoms with van der Waals surface area (Å²) in [7, 11) is 3.89. The minimum absolute atomic E-state index is 0.384. The van der Waals surface area contributed by atoms with Gasteiger partial charge in [0.25, 0.3) is 0 Å². The molecule has 0 amide bonds. The zero-order chi connectivity index (χ0) is 15.6. The van der Waals surface area contributed by atoms with Gasteiger partial charge in [-0.15, -0.1) is 0 Å². The van der Waals surface area contributed by atoms with E-state index in [4.69, 9.17) is 9.47 Å². The molecule has 0 bridgehead atoms. The predicted octanol–water partition coefficient (Wildman–Crippen LogP) is 2.34. The molecule has 0 saturated carbocycles. The van der Waals surface area contributed by atoms with Crippen molar-refractivity contribution in [2.24, 2.45) is 4.99 Å². The molecule has 2 rings (SSSR count). The predicted molar refractivity (Wildman–Crippen MR) is 91.6 cm³/mol. The van der Waals surface area contributed by atoms with Crippen LogP contribution in [0.2, 0.25) is 0 Å². The highest BCUT2D eigenvalue weighted by Crippen LogP contribution is 2.10. The van der Waals surface area contributed by atoms with Gasteiger partial charge in [0.05, 0.1) is 6.10 Å². The van der Waals surface area contributed by atoms with Gasteiger partial charge in [-0.05, 0) is 41.7 Å². The van der Waals surface area contributed by atoms with Gasteiger partial charge in [-0.3, -0.25) is 4.99 Å². The second kappa shape index (κ2) is 9.82. The normalized spacial score (nSPS) is 16.7. The highest BCUT2D eigenvalue weighted by atomic mass is 32.1. The Balaban J connectivity index is 1.59. The molecule has 0 radical (unpaired) electrons. The summed E-state index contributed by atoms with van der Waals surface area (Å²) in [6.07, 6.45) is 3.42. The lowest BCUT2D eigenvalue weighted by Crippen LogP contribution is -2.39. The third-order valence-corrected chi connectivity index (χ3v) is 4.43. The standard InChI is InChI=1S/C16H27N3O2S/c1-17-16(19(2)12-14-6-11-22-13-14)18-7-3-8-21-15-4-9-20-10-5-15/h6,11,13,15H,3-5,7-10,12H2,1-2H3,(H,17,18). The van der Waals surface area contributed by atoms with Gasteiger partial charge in [0.15, 0.2) is 5.96 Å². The number of nitrogens with one attached hydrogen (secondary N) is 1. The second-order valence-electron chi connectivity index (χ2n) is 5.50. The molecule has 22 heavy (non-hydrogen) atoms. The topological polar surface area (TPSA) is 46.1 Å². The summed E-state index contributed by atoms with van der Waals surface area (Å²) >= 11 is 1.73. The zero-order valence-corrected chi connectivity index (χ0v) is 14.4. The number of hydrogen-bond acceptors (Lipinski definition) is 4. The van der Waals surface area contributed by atoms with Crippen LogP contribution < -0.4 is 5.32 Å². The molecule has 0 spiro atoms. The maximum Gasteiger partial charge on any atom is 0.193 e. The average molecular weight is 325 g/mol. The molecule has 0 aromatic carbocycles. The molecule has 2 heterocycles. The van der Waals surface area contributed by atoms with Gasteiger partial charge in [-0.25, -0.2) is 0 Å². The van der Waals surface area contributed by atoms with Crippen LogP contribution in [0.4, 0.5) is 0 Å². The Kier molecular flexibility index (Phi) is 7.70. The van der Waals surface area contributed by atoms with E-state index in [-0.39, 0.29) is 0 Å². The van der Waals surface area contributed by atoms with Crippen LogP contribution in [0, 0.1) is 0 Å². The highest BCUT2D eigenvalue weighted by molar-refractivity contribution is 7.07. The summed E-state index contributed by atoms with van der Waals surface area (Å²) < 4.78 is 11.2. The van der Waals surface area contributed by atoms with E-state index in [2.05, 4.69) is 39.1 Å². The minimum atomic E-state index is 0.384. The molecular weight excluding hydrogens is 298 g/mol. The molecule has 1 fully saturated rings. The Morgan fingerprint density at radius 2 is 2.32 bits per heavy atom. The Morgan fingerprint density at radius 1 is 1.50 bits per heavy atom. The first-order chi connectivity index (χ1) is 10.8. The summed E-state index contributed by atoms with van der Waals surface area (Å²) in [5.74, 6) is 0.928.